The first kappa shape index (κ1) is 22.2. The van der Waals surface area contributed by atoms with Gasteiger partial charge in [-0.25, -0.2) is 0 Å². The predicted octanol–water partition coefficient (Wildman–Crippen LogP) is 1.91. The highest BCUT2D eigenvalue weighted by Gasteiger charge is 2.25. The molecule has 1 heterocycles. The van der Waals surface area contributed by atoms with E-state index in [0.29, 0.717) is 51.5 Å². The number of likely N-dealkylation sites (tertiary alicyclic amines) is 1. The summed E-state index contributed by atoms with van der Waals surface area (Å²) in [7, 11) is 1.68. The number of benzene rings is 1. The summed E-state index contributed by atoms with van der Waals surface area (Å²) in [5.41, 5.74) is 1.04. The molecule has 0 atom stereocenters. The molecule has 0 spiro atoms. The molecule has 1 aliphatic heterocycles. The Kier molecular flexibility index (Phi) is 10.0. The van der Waals surface area contributed by atoms with Gasteiger partial charge in [-0.1, -0.05) is 18.2 Å². The number of ether oxygens (including phenoxy) is 1. The van der Waals surface area contributed by atoms with Gasteiger partial charge in [0.1, 0.15) is 5.75 Å². The minimum Gasteiger partial charge on any atom is -0.494 e. The Labute approximate surface area is 171 Å². The van der Waals surface area contributed by atoms with Gasteiger partial charge in [-0.2, -0.15) is 0 Å². The van der Waals surface area contributed by atoms with Crippen molar-refractivity contribution in [2.75, 3.05) is 26.7 Å². The van der Waals surface area contributed by atoms with Crippen LogP contribution in [-0.4, -0.2) is 49.4 Å². The molecule has 7 nitrogen and oxygen atoms in total. The third kappa shape index (κ3) is 6.47. The molecule has 8 heteroatoms. The standard InChI is InChI=1S/C18H26N4O3.HI/c1-3-25-15-8-5-4-7-14(15)13-21-18(19-2)20-11-12-22-16(23)9-6-10-17(22)24;/h4-5,7-8H,3,6,9-13H2,1-2H3,(H2,19,20,21);1H. The SMILES string of the molecule is CCOc1ccccc1CNC(=NC)NCCN1C(=O)CCCC1=O.I. The van der Waals surface area contributed by atoms with E-state index in [1.165, 1.54) is 4.90 Å². The zero-order valence-electron chi connectivity index (χ0n) is 15.3. The number of carbonyl (C=O) groups excluding carboxylic acids is 2. The number of amides is 2. The Bertz CT molecular complexity index is 621. The lowest BCUT2D eigenvalue weighted by Gasteiger charge is -2.25. The van der Waals surface area contributed by atoms with Crippen molar-refractivity contribution in [1.29, 1.82) is 0 Å². The van der Waals surface area contributed by atoms with Gasteiger partial charge in [0, 0.05) is 45.1 Å². The van der Waals surface area contributed by atoms with Crippen LogP contribution < -0.4 is 15.4 Å². The van der Waals surface area contributed by atoms with Gasteiger partial charge in [0.2, 0.25) is 11.8 Å². The van der Waals surface area contributed by atoms with Crippen LogP contribution in [0.2, 0.25) is 0 Å². The fourth-order valence-corrected chi connectivity index (χ4v) is 2.68. The van der Waals surface area contributed by atoms with Gasteiger partial charge < -0.3 is 15.4 Å². The van der Waals surface area contributed by atoms with Gasteiger partial charge in [0.25, 0.3) is 0 Å². The summed E-state index contributed by atoms with van der Waals surface area (Å²) in [5, 5.41) is 6.35. The van der Waals surface area contributed by atoms with Gasteiger partial charge in [-0.15, -0.1) is 24.0 Å². The molecular weight excluding hydrogens is 447 g/mol. The molecule has 0 radical (unpaired) electrons. The Morgan fingerprint density at radius 3 is 2.54 bits per heavy atom. The van der Waals surface area contributed by atoms with Crippen molar-refractivity contribution in [2.24, 2.45) is 4.99 Å². The smallest absolute Gasteiger partial charge is 0.229 e. The lowest BCUT2D eigenvalue weighted by atomic mass is 10.1. The number of nitrogens with zero attached hydrogens (tertiary/aromatic N) is 2. The number of hydrogen-bond donors (Lipinski definition) is 2. The average molecular weight is 474 g/mol. The summed E-state index contributed by atoms with van der Waals surface area (Å²) < 4.78 is 5.61. The molecule has 1 fully saturated rings. The summed E-state index contributed by atoms with van der Waals surface area (Å²) in [5.74, 6) is 1.28. The first-order valence-corrected chi connectivity index (χ1v) is 8.64. The number of para-hydroxylation sites is 1. The van der Waals surface area contributed by atoms with Crippen molar-refractivity contribution in [2.45, 2.75) is 32.7 Å². The van der Waals surface area contributed by atoms with E-state index >= 15 is 0 Å². The zero-order chi connectivity index (χ0) is 18.1. The molecule has 26 heavy (non-hydrogen) atoms. The van der Waals surface area contributed by atoms with Crippen LogP contribution >= 0.6 is 24.0 Å². The summed E-state index contributed by atoms with van der Waals surface area (Å²) >= 11 is 0. The van der Waals surface area contributed by atoms with Gasteiger partial charge >= 0.3 is 0 Å². The largest absolute Gasteiger partial charge is 0.494 e. The van der Waals surface area contributed by atoms with Gasteiger partial charge in [0.05, 0.1) is 6.61 Å². The molecule has 2 amide bonds. The number of imide groups is 1. The van der Waals surface area contributed by atoms with Crippen molar-refractivity contribution in [3.63, 3.8) is 0 Å². The maximum Gasteiger partial charge on any atom is 0.229 e. The number of rotatable bonds is 7. The summed E-state index contributed by atoms with van der Waals surface area (Å²) in [6.07, 6.45) is 1.56. The van der Waals surface area contributed by atoms with Gasteiger partial charge in [-0.05, 0) is 19.4 Å². The monoisotopic (exact) mass is 474 g/mol. The lowest BCUT2D eigenvalue weighted by Crippen LogP contribution is -2.46. The van der Waals surface area contributed by atoms with Crippen LogP contribution in [0.25, 0.3) is 0 Å². The minimum atomic E-state index is -0.0911. The number of aliphatic imine (C=N–C) groups is 1. The fraction of sp³-hybridized carbons (Fsp3) is 0.500. The second-order valence-corrected chi connectivity index (χ2v) is 5.69. The molecule has 144 valence electrons. The van der Waals surface area contributed by atoms with Gasteiger partial charge in [-0.3, -0.25) is 19.5 Å². The quantitative estimate of drug-likeness (QED) is 0.273. The van der Waals surface area contributed by atoms with Crippen LogP contribution in [-0.2, 0) is 16.1 Å². The Morgan fingerprint density at radius 2 is 1.88 bits per heavy atom. The molecule has 1 aliphatic rings. The molecule has 1 aromatic carbocycles. The van der Waals surface area contributed by atoms with Crippen LogP contribution in [0.4, 0.5) is 0 Å². The van der Waals surface area contributed by atoms with Crippen molar-refractivity contribution >= 4 is 41.8 Å². The number of halogens is 1. The van der Waals surface area contributed by atoms with Crippen LogP contribution in [0.15, 0.2) is 29.3 Å². The number of nitrogens with one attached hydrogen (secondary N) is 2. The van der Waals surface area contributed by atoms with E-state index in [-0.39, 0.29) is 35.8 Å². The van der Waals surface area contributed by atoms with Crippen molar-refractivity contribution in [3.8, 4) is 5.75 Å². The molecule has 0 aliphatic carbocycles. The molecule has 1 aromatic rings. The number of carbonyl (C=O) groups is 2. The van der Waals surface area contributed by atoms with E-state index in [2.05, 4.69) is 15.6 Å². The lowest BCUT2D eigenvalue weighted by molar-refractivity contribution is -0.147. The normalized spacial score (nSPS) is 14.7. The summed E-state index contributed by atoms with van der Waals surface area (Å²) in [6.45, 7) is 3.95. The highest BCUT2D eigenvalue weighted by atomic mass is 127. The summed E-state index contributed by atoms with van der Waals surface area (Å²) in [6, 6.07) is 7.83. The Morgan fingerprint density at radius 1 is 1.19 bits per heavy atom. The maximum atomic E-state index is 11.8. The van der Waals surface area contributed by atoms with Crippen LogP contribution in [0.1, 0.15) is 31.7 Å². The molecule has 0 bridgehead atoms. The summed E-state index contributed by atoms with van der Waals surface area (Å²) in [4.78, 5) is 29.0. The Balaban J connectivity index is 0.00000338. The highest BCUT2D eigenvalue weighted by Crippen LogP contribution is 2.17. The van der Waals surface area contributed by atoms with E-state index in [9.17, 15) is 9.59 Å². The molecule has 0 unspecified atom stereocenters. The third-order valence-corrected chi connectivity index (χ3v) is 3.95. The molecule has 2 rings (SSSR count). The molecule has 1 saturated heterocycles. The van der Waals surface area contributed by atoms with E-state index in [4.69, 9.17) is 4.74 Å². The van der Waals surface area contributed by atoms with Gasteiger partial charge in [0.15, 0.2) is 5.96 Å². The van der Waals surface area contributed by atoms with E-state index in [0.717, 1.165) is 11.3 Å². The van der Waals surface area contributed by atoms with Crippen molar-refractivity contribution in [3.05, 3.63) is 29.8 Å². The average Bonchev–Trinajstić information content (AvgIpc) is 2.61. The van der Waals surface area contributed by atoms with Crippen LogP contribution in [0.3, 0.4) is 0 Å². The topological polar surface area (TPSA) is 83.0 Å². The van der Waals surface area contributed by atoms with Crippen molar-refractivity contribution in [1.82, 2.24) is 15.5 Å². The molecule has 2 N–H and O–H groups in total. The van der Waals surface area contributed by atoms with E-state index in [1.807, 2.05) is 31.2 Å². The van der Waals surface area contributed by atoms with E-state index in [1.54, 1.807) is 7.05 Å². The zero-order valence-corrected chi connectivity index (χ0v) is 17.6. The number of hydrogen-bond acceptors (Lipinski definition) is 4. The first-order chi connectivity index (χ1) is 12.2. The van der Waals surface area contributed by atoms with E-state index < -0.39 is 0 Å². The number of guanidine groups is 1. The predicted molar refractivity (Wildman–Crippen MR) is 112 cm³/mol. The molecular formula is C18H27IN4O3. The third-order valence-electron chi connectivity index (χ3n) is 3.95. The van der Waals surface area contributed by atoms with Crippen LogP contribution in [0, 0.1) is 0 Å². The maximum absolute atomic E-state index is 11.8. The molecule has 0 saturated carbocycles. The minimum absolute atomic E-state index is 0. The second-order valence-electron chi connectivity index (χ2n) is 5.69. The molecule has 0 aromatic heterocycles. The number of piperidine rings is 1. The highest BCUT2D eigenvalue weighted by molar-refractivity contribution is 14.0. The first-order valence-electron chi connectivity index (χ1n) is 8.64. The van der Waals surface area contributed by atoms with Crippen molar-refractivity contribution < 1.29 is 14.3 Å². The fourth-order valence-electron chi connectivity index (χ4n) is 2.68. The Hall–Kier alpha value is -1.84. The van der Waals surface area contributed by atoms with Crippen LogP contribution in [0.5, 0.6) is 5.75 Å². The second kappa shape index (κ2) is 11.7.